The van der Waals surface area contributed by atoms with Crippen LogP contribution in [0, 0.1) is 0 Å². The van der Waals surface area contributed by atoms with Gasteiger partial charge in [-0.1, -0.05) is 4.98 Å². The molecule has 6 heterocycles. The average molecular weight is 871 g/mol. The molecule has 316 valence electrons. The van der Waals surface area contributed by atoms with Crippen molar-refractivity contribution in [3.05, 3.63) is 33.4 Å². The summed E-state index contributed by atoms with van der Waals surface area (Å²) < 4.78 is 75.2. The Hall–Kier alpha value is -3.57. The fraction of sp³-hybridized carbons (Fsp3) is 0.600. The zero-order chi connectivity index (χ0) is 41.6. The minimum atomic E-state index is -5.90. The van der Waals surface area contributed by atoms with Gasteiger partial charge in [0.05, 0.1) is 60.3 Å². The second-order valence-corrected chi connectivity index (χ2v) is 16.7. The molecule has 57 heavy (non-hydrogen) atoms. The normalized spacial score (nSPS) is 26.2. The summed E-state index contributed by atoms with van der Waals surface area (Å²) in [5.41, 5.74) is 10.1. The third kappa shape index (κ3) is 10.2. The van der Waals surface area contributed by atoms with E-state index in [-0.39, 0.29) is 47.3 Å². The molecule has 0 bridgehead atoms. The number of morpholine rings is 1. The summed E-state index contributed by atoms with van der Waals surface area (Å²) in [6, 6.07) is 0. The van der Waals surface area contributed by atoms with Crippen molar-refractivity contribution in [2.45, 2.75) is 43.0 Å². The number of phosphoric acid groups is 3. The van der Waals surface area contributed by atoms with E-state index in [1.165, 1.54) is 15.5 Å². The van der Waals surface area contributed by atoms with Crippen LogP contribution in [0.5, 0.6) is 0 Å². The van der Waals surface area contributed by atoms with Gasteiger partial charge in [-0.25, -0.2) is 9.55 Å². The van der Waals surface area contributed by atoms with Gasteiger partial charge < -0.3 is 77.9 Å². The fourth-order valence-corrected chi connectivity index (χ4v) is 8.01. The van der Waals surface area contributed by atoms with Crippen molar-refractivity contribution in [2.75, 3.05) is 58.0 Å². The summed E-state index contributed by atoms with van der Waals surface area (Å²) >= 11 is 0. The number of phosphoric ester groups is 3. The molecule has 32 heteroatoms. The highest BCUT2D eigenvalue weighted by atomic mass is 31.2. The van der Waals surface area contributed by atoms with E-state index in [2.05, 4.69) is 38.5 Å². The third-order valence-electron chi connectivity index (χ3n) is 8.43. The number of nitrogens with zero attached hydrogens (tertiary/aromatic N) is 7. The number of rotatable bonds is 16. The maximum atomic E-state index is 12.6. The Labute approximate surface area is 318 Å². The summed E-state index contributed by atoms with van der Waals surface area (Å²) in [5, 5.41) is 21.1. The number of nitrogens with two attached hydrogens (primary N) is 2. The number of anilines is 2. The van der Waals surface area contributed by atoms with Gasteiger partial charge in [0.1, 0.15) is 24.4 Å². The first-order valence-corrected chi connectivity index (χ1v) is 20.7. The maximum absolute atomic E-state index is 12.6. The topological polar surface area (TPSA) is 422 Å². The summed E-state index contributed by atoms with van der Waals surface area (Å²) in [5.74, 6) is -0.446. The highest BCUT2D eigenvalue weighted by Gasteiger charge is 2.45. The molecule has 29 nitrogen and oxygen atoms in total. The number of aliphatic hydroxyl groups excluding tert-OH is 2. The number of nitrogen functional groups attached to an aromatic ring is 2. The van der Waals surface area contributed by atoms with Gasteiger partial charge in [-0.2, -0.15) is 4.98 Å². The SMILES string of the molecule is CN1C[C@@H](COP(=O)([O-])OCC(COP(=O)([O-])OC[C@H]2O[C@@H](n3cnc4c(=O)[nH]c(N)nc43)[C@H](O)[C@@H]2O)OP(=O)([O-])[O-])O[C@@H]([n+]2cn(C)c3c(=O)[nH]c(N)nc32)C1. The Bertz CT molecular complexity index is 2370. The lowest BCUT2D eigenvalue weighted by Gasteiger charge is -2.36. The summed E-state index contributed by atoms with van der Waals surface area (Å²) in [6.07, 6.45) is -7.84. The number of aromatic nitrogens is 8. The van der Waals surface area contributed by atoms with Gasteiger partial charge >= 0.3 is 5.65 Å². The first kappa shape index (κ1) is 43.0. The van der Waals surface area contributed by atoms with E-state index < -0.39 is 104 Å². The van der Waals surface area contributed by atoms with E-state index in [0.29, 0.717) is 0 Å². The van der Waals surface area contributed by atoms with Crippen LogP contribution in [0.1, 0.15) is 12.5 Å². The molecule has 0 radical (unpaired) electrons. The van der Waals surface area contributed by atoms with Crippen LogP contribution in [0.4, 0.5) is 11.9 Å². The van der Waals surface area contributed by atoms with Crippen molar-refractivity contribution in [3.8, 4) is 0 Å². The predicted octanol–water partition coefficient (Wildman–Crippen LogP) is -6.49. The molecule has 8 N–H and O–H groups in total. The molecule has 9 atom stereocenters. The second-order valence-electron chi connectivity index (χ2n) is 12.8. The Morgan fingerprint density at radius 3 is 2.23 bits per heavy atom. The molecule has 0 aliphatic carbocycles. The average Bonchev–Trinajstić information content (AvgIpc) is 3.76. The molecule has 0 aromatic carbocycles. The van der Waals surface area contributed by atoms with Gasteiger partial charge in [0.15, 0.2) is 29.9 Å². The van der Waals surface area contributed by atoms with Crippen molar-refractivity contribution in [2.24, 2.45) is 7.05 Å². The first-order chi connectivity index (χ1) is 26.6. The highest BCUT2D eigenvalue weighted by molar-refractivity contribution is 7.46. The number of imidazole rings is 2. The molecular weight excluding hydrogens is 835 g/mol. The predicted molar refractivity (Wildman–Crippen MR) is 177 cm³/mol. The van der Waals surface area contributed by atoms with Crippen LogP contribution in [0.3, 0.4) is 0 Å². The van der Waals surface area contributed by atoms with Gasteiger partial charge in [0.25, 0.3) is 32.7 Å². The van der Waals surface area contributed by atoms with Gasteiger partial charge in [0, 0.05) is 6.54 Å². The highest BCUT2D eigenvalue weighted by Crippen LogP contribution is 2.43. The van der Waals surface area contributed by atoms with Crippen molar-refractivity contribution >= 4 is 57.7 Å². The summed E-state index contributed by atoms with van der Waals surface area (Å²) in [7, 11) is -13.4. The Morgan fingerprint density at radius 2 is 1.56 bits per heavy atom. The number of hydrogen-bond donors (Lipinski definition) is 6. The number of nitrogens with one attached hydrogen (secondary N) is 2. The molecule has 6 rings (SSSR count). The van der Waals surface area contributed by atoms with E-state index in [0.717, 1.165) is 10.9 Å². The van der Waals surface area contributed by atoms with Gasteiger partial charge in [0.2, 0.25) is 11.5 Å². The number of ether oxygens (including phenoxy) is 2. The van der Waals surface area contributed by atoms with E-state index >= 15 is 0 Å². The standard InChI is InChI=1S/C25H38N11O18P3/c1-33-3-11(52-14(4-33)36-10-34(2)16-20(36)30-25(27)32-22(16)40)5-48-56(44,45)49-6-12(54-55(41,42)43)7-50-57(46,47)51-8-13-17(37)18(38)23(53-13)35-9-28-15-19(35)29-24(26)31-21(15)39/h9-14,17-18,23,37-38H,3-8H2,1-2H3,(H9-,26,27,29,30,31,32,39,40,41,42,43,44,45,46,47)/p-3/t11-,12?,13+,14+,17+,18+,23+/m0/s1. The Kier molecular flexibility index (Phi) is 12.5. The first-order valence-electron chi connectivity index (χ1n) is 16.3. The molecule has 0 saturated carbocycles. The van der Waals surface area contributed by atoms with E-state index in [1.807, 2.05) is 0 Å². The van der Waals surface area contributed by atoms with Gasteiger partial charge in [-0.3, -0.25) is 42.7 Å². The number of fused-ring (bicyclic) bond motifs is 2. The minimum Gasteiger partial charge on any atom is -0.790 e. The number of aromatic amines is 2. The van der Waals surface area contributed by atoms with Crippen LogP contribution >= 0.6 is 23.5 Å². The number of likely N-dealkylation sites (N-methyl/N-ethyl adjacent to an activating group) is 1. The summed E-state index contributed by atoms with van der Waals surface area (Å²) in [6.45, 7) is -3.84. The Morgan fingerprint density at radius 1 is 0.930 bits per heavy atom. The van der Waals surface area contributed by atoms with Crippen LogP contribution in [-0.4, -0.2) is 126 Å². The number of H-pyrrole nitrogens is 2. The molecule has 2 saturated heterocycles. The van der Waals surface area contributed by atoms with E-state index in [4.69, 9.17) is 30.0 Å². The van der Waals surface area contributed by atoms with Crippen LogP contribution in [0.2, 0.25) is 0 Å². The van der Waals surface area contributed by atoms with E-state index in [9.17, 15) is 53.1 Å². The van der Waals surface area contributed by atoms with Crippen molar-refractivity contribution < 1.29 is 80.1 Å². The van der Waals surface area contributed by atoms with Gasteiger partial charge in [-0.05, 0) is 7.05 Å². The molecule has 0 amide bonds. The molecule has 4 aromatic rings. The zero-order valence-electron chi connectivity index (χ0n) is 29.5. The number of aliphatic hydroxyl groups is 2. The number of hydrogen-bond acceptors (Lipinski definition) is 24. The van der Waals surface area contributed by atoms with Crippen LogP contribution < -0.4 is 46.7 Å². The quantitative estimate of drug-likeness (QED) is 0.0450. The number of aryl methyl sites for hydroxylation is 1. The third-order valence-corrected chi connectivity index (χ3v) is 10.8. The van der Waals surface area contributed by atoms with Crippen molar-refractivity contribution in [1.29, 1.82) is 0 Å². The Balaban J connectivity index is 1.02. The molecule has 2 aliphatic rings. The molecular formula is C25H35N11O18P3-3. The second kappa shape index (κ2) is 16.6. The molecule has 0 spiro atoms. The maximum Gasteiger partial charge on any atom is 0.313 e. The van der Waals surface area contributed by atoms with Crippen LogP contribution in [0.15, 0.2) is 22.2 Å². The van der Waals surface area contributed by atoms with E-state index in [1.54, 1.807) is 19.0 Å². The largest absolute Gasteiger partial charge is 0.790 e. The van der Waals surface area contributed by atoms with Crippen molar-refractivity contribution in [1.82, 2.24) is 39.0 Å². The lowest BCUT2D eigenvalue weighted by molar-refractivity contribution is -0.747. The van der Waals surface area contributed by atoms with Gasteiger partial charge in [-0.15, -0.1) is 0 Å². The lowest BCUT2D eigenvalue weighted by atomic mass is 10.1. The van der Waals surface area contributed by atoms with Crippen LogP contribution in [0.25, 0.3) is 22.3 Å². The molecule has 2 aliphatic heterocycles. The fourth-order valence-electron chi connectivity index (χ4n) is 6.00. The summed E-state index contributed by atoms with van der Waals surface area (Å²) in [4.78, 5) is 90.8. The monoisotopic (exact) mass is 870 g/mol. The minimum absolute atomic E-state index is 0.134. The smallest absolute Gasteiger partial charge is 0.313 e. The lowest BCUT2D eigenvalue weighted by Crippen LogP contribution is -2.54. The van der Waals surface area contributed by atoms with Crippen LogP contribution in [-0.2, 0) is 52.8 Å². The molecule has 4 aromatic heterocycles. The molecule has 3 unspecified atom stereocenters. The van der Waals surface area contributed by atoms with Crippen molar-refractivity contribution in [3.63, 3.8) is 0 Å². The zero-order valence-corrected chi connectivity index (χ0v) is 32.2. The molecule has 2 fully saturated rings.